The van der Waals surface area contributed by atoms with Crippen molar-refractivity contribution in [2.75, 3.05) is 11.5 Å². The molecular formula is C12H23NOS2. The Morgan fingerprint density at radius 1 is 1.12 bits per heavy atom. The minimum absolute atomic E-state index is 0.00815. The Kier molecular flexibility index (Phi) is 5.33. The molecule has 2 atom stereocenters. The Morgan fingerprint density at radius 2 is 1.75 bits per heavy atom. The molecule has 1 heterocycles. The van der Waals surface area contributed by atoms with Crippen LogP contribution >= 0.6 is 23.5 Å². The molecule has 4 heteroatoms. The molecule has 2 unspecified atom stereocenters. The number of aliphatic hydroxyl groups excluding tert-OH is 1. The zero-order valence-electron chi connectivity index (χ0n) is 9.81. The third-order valence-electron chi connectivity index (χ3n) is 3.70. The van der Waals surface area contributed by atoms with Gasteiger partial charge in [0, 0.05) is 17.5 Å². The molecule has 2 rings (SSSR count). The van der Waals surface area contributed by atoms with Gasteiger partial charge in [0.05, 0.1) is 10.7 Å². The molecule has 2 aliphatic rings. The Hall–Kier alpha value is 0.620. The Morgan fingerprint density at radius 3 is 2.38 bits per heavy atom. The predicted molar refractivity (Wildman–Crippen MR) is 73.9 cm³/mol. The van der Waals surface area contributed by atoms with Crippen molar-refractivity contribution in [1.29, 1.82) is 0 Å². The summed E-state index contributed by atoms with van der Waals surface area (Å²) in [6.07, 6.45) is 7.48. The van der Waals surface area contributed by atoms with Gasteiger partial charge in [0.15, 0.2) is 0 Å². The molecule has 16 heavy (non-hydrogen) atoms. The Balaban J connectivity index is 1.74. The van der Waals surface area contributed by atoms with Crippen molar-refractivity contribution < 1.29 is 5.11 Å². The maximum atomic E-state index is 10.2. The molecule has 1 aliphatic heterocycles. The van der Waals surface area contributed by atoms with Gasteiger partial charge in [0.1, 0.15) is 0 Å². The molecular weight excluding hydrogens is 238 g/mol. The molecule has 0 spiro atoms. The largest absolute Gasteiger partial charge is 0.389 e. The van der Waals surface area contributed by atoms with Gasteiger partial charge in [-0.25, -0.2) is 0 Å². The molecule has 2 nitrogen and oxygen atoms in total. The normalized spacial score (nSPS) is 28.1. The first-order chi connectivity index (χ1) is 7.77. The first-order valence-electron chi connectivity index (χ1n) is 6.44. The summed E-state index contributed by atoms with van der Waals surface area (Å²) in [6, 6.07) is -0.00815. The van der Waals surface area contributed by atoms with E-state index in [4.69, 9.17) is 5.73 Å². The summed E-state index contributed by atoms with van der Waals surface area (Å²) in [6.45, 7) is 0. The molecule has 0 radical (unpaired) electrons. The zero-order chi connectivity index (χ0) is 11.4. The summed E-state index contributed by atoms with van der Waals surface area (Å²) >= 11 is 3.75. The molecule has 1 saturated heterocycles. The van der Waals surface area contributed by atoms with Crippen molar-refractivity contribution in [1.82, 2.24) is 0 Å². The van der Waals surface area contributed by atoms with E-state index in [1.165, 1.54) is 43.6 Å². The van der Waals surface area contributed by atoms with Gasteiger partial charge in [-0.15, -0.1) is 23.5 Å². The summed E-state index contributed by atoms with van der Waals surface area (Å²) < 4.78 is 0.332. The number of rotatable bonds is 4. The van der Waals surface area contributed by atoms with E-state index < -0.39 is 0 Å². The van der Waals surface area contributed by atoms with Gasteiger partial charge >= 0.3 is 0 Å². The SMILES string of the molecule is NC(CC1CCCCC1)C(O)C1SCCS1. The van der Waals surface area contributed by atoms with E-state index in [-0.39, 0.29) is 12.1 Å². The van der Waals surface area contributed by atoms with Crippen LogP contribution in [0.1, 0.15) is 38.5 Å². The standard InChI is InChI=1S/C12H23NOS2/c13-10(8-9-4-2-1-3-5-9)11(14)12-15-6-7-16-12/h9-12,14H,1-8,13H2. The number of aliphatic hydroxyl groups is 1. The van der Waals surface area contributed by atoms with Crippen molar-refractivity contribution in [3.63, 3.8) is 0 Å². The van der Waals surface area contributed by atoms with Crippen LogP contribution in [-0.4, -0.2) is 33.3 Å². The maximum Gasteiger partial charge on any atom is 0.0900 e. The van der Waals surface area contributed by atoms with E-state index in [1.54, 1.807) is 0 Å². The first kappa shape index (κ1) is 13.1. The topological polar surface area (TPSA) is 46.2 Å². The second-order valence-corrected chi connectivity index (χ2v) is 7.80. The van der Waals surface area contributed by atoms with Crippen molar-refractivity contribution >= 4 is 23.5 Å². The quantitative estimate of drug-likeness (QED) is 0.816. The second-order valence-electron chi connectivity index (χ2n) is 5.00. The van der Waals surface area contributed by atoms with Crippen LogP contribution in [0.3, 0.4) is 0 Å². The minimum Gasteiger partial charge on any atom is -0.389 e. The summed E-state index contributed by atoms with van der Waals surface area (Å²) in [7, 11) is 0. The second kappa shape index (κ2) is 6.53. The molecule has 94 valence electrons. The Bertz CT molecular complexity index is 203. The van der Waals surface area contributed by atoms with Crippen molar-refractivity contribution in [3.05, 3.63) is 0 Å². The van der Waals surface area contributed by atoms with E-state index in [0.29, 0.717) is 4.58 Å². The van der Waals surface area contributed by atoms with E-state index in [0.717, 1.165) is 12.3 Å². The molecule has 2 fully saturated rings. The average molecular weight is 261 g/mol. The summed E-state index contributed by atoms with van der Waals surface area (Å²) in [5.74, 6) is 3.11. The molecule has 0 aromatic rings. The lowest BCUT2D eigenvalue weighted by molar-refractivity contribution is 0.141. The zero-order valence-corrected chi connectivity index (χ0v) is 11.4. The lowest BCUT2D eigenvalue weighted by Gasteiger charge is -2.29. The third kappa shape index (κ3) is 3.56. The fourth-order valence-electron chi connectivity index (χ4n) is 2.72. The fraction of sp³-hybridized carbons (Fsp3) is 1.00. The molecule has 3 N–H and O–H groups in total. The summed E-state index contributed by atoms with van der Waals surface area (Å²) in [5, 5.41) is 10.2. The van der Waals surface area contributed by atoms with Gasteiger partial charge < -0.3 is 10.8 Å². The number of hydrogen-bond acceptors (Lipinski definition) is 4. The van der Waals surface area contributed by atoms with Gasteiger partial charge in [-0.2, -0.15) is 0 Å². The van der Waals surface area contributed by atoms with Gasteiger partial charge in [0.2, 0.25) is 0 Å². The highest BCUT2D eigenvalue weighted by molar-refractivity contribution is 8.20. The highest BCUT2D eigenvalue weighted by Gasteiger charge is 2.30. The van der Waals surface area contributed by atoms with Gasteiger partial charge in [0.25, 0.3) is 0 Å². The van der Waals surface area contributed by atoms with E-state index >= 15 is 0 Å². The lowest BCUT2D eigenvalue weighted by Crippen LogP contribution is -2.41. The summed E-state index contributed by atoms with van der Waals surface area (Å²) in [4.78, 5) is 0. The molecule has 1 aliphatic carbocycles. The fourth-order valence-corrected chi connectivity index (χ4v) is 5.72. The van der Waals surface area contributed by atoms with Crippen LogP contribution in [0.4, 0.5) is 0 Å². The van der Waals surface area contributed by atoms with Crippen molar-refractivity contribution in [3.8, 4) is 0 Å². The highest BCUT2D eigenvalue weighted by Crippen LogP contribution is 2.36. The molecule has 1 saturated carbocycles. The lowest BCUT2D eigenvalue weighted by atomic mass is 9.84. The van der Waals surface area contributed by atoms with Crippen molar-refractivity contribution in [2.45, 2.75) is 55.3 Å². The van der Waals surface area contributed by atoms with Crippen LogP contribution in [-0.2, 0) is 0 Å². The van der Waals surface area contributed by atoms with Gasteiger partial charge in [-0.3, -0.25) is 0 Å². The van der Waals surface area contributed by atoms with E-state index in [1.807, 2.05) is 23.5 Å². The smallest absolute Gasteiger partial charge is 0.0900 e. The average Bonchev–Trinajstić information content (AvgIpc) is 2.83. The Labute approximate surface area is 107 Å². The van der Waals surface area contributed by atoms with Crippen LogP contribution in [0.5, 0.6) is 0 Å². The van der Waals surface area contributed by atoms with E-state index in [2.05, 4.69) is 0 Å². The van der Waals surface area contributed by atoms with E-state index in [9.17, 15) is 5.11 Å². The maximum absolute atomic E-state index is 10.2. The van der Waals surface area contributed by atoms with Gasteiger partial charge in [-0.1, -0.05) is 32.1 Å². The van der Waals surface area contributed by atoms with Crippen LogP contribution in [0.25, 0.3) is 0 Å². The summed E-state index contributed by atoms with van der Waals surface area (Å²) in [5.41, 5.74) is 6.15. The van der Waals surface area contributed by atoms with Crippen LogP contribution in [0.15, 0.2) is 0 Å². The predicted octanol–water partition coefficient (Wildman–Crippen LogP) is 2.45. The van der Waals surface area contributed by atoms with Crippen LogP contribution in [0, 0.1) is 5.92 Å². The molecule has 0 bridgehead atoms. The van der Waals surface area contributed by atoms with Crippen LogP contribution < -0.4 is 5.73 Å². The van der Waals surface area contributed by atoms with Crippen molar-refractivity contribution in [2.24, 2.45) is 11.7 Å². The number of nitrogens with two attached hydrogens (primary N) is 1. The molecule has 0 amide bonds. The third-order valence-corrected chi connectivity index (χ3v) is 6.86. The van der Waals surface area contributed by atoms with Gasteiger partial charge in [-0.05, 0) is 12.3 Å². The van der Waals surface area contributed by atoms with Crippen LogP contribution in [0.2, 0.25) is 0 Å². The molecule has 0 aromatic carbocycles. The number of hydrogen-bond donors (Lipinski definition) is 2. The molecule has 0 aromatic heterocycles. The highest BCUT2D eigenvalue weighted by atomic mass is 32.2. The first-order valence-corrected chi connectivity index (χ1v) is 8.54. The monoisotopic (exact) mass is 261 g/mol. The minimum atomic E-state index is -0.306. The number of thioether (sulfide) groups is 2.